The molecule has 6 nitrogen and oxygen atoms in total. The van der Waals surface area contributed by atoms with Crippen molar-refractivity contribution < 1.29 is 9.53 Å². The van der Waals surface area contributed by atoms with Gasteiger partial charge >= 0.3 is 0 Å². The molecule has 0 bridgehead atoms. The summed E-state index contributed by atoms with van der Waals surface area (Å²) in [5.74, 6) is 0.160. The number of hydrogen-bond acceptors (Lipinski definition) is 5. The summed E-state index contributed by atoms with van der Waals surface area (Å²) in [7, 11) is 3.18. The molecular weight excluding hydrogens is 256 g/mol. The van der Waals surface area contributed by atoms with E-state index in [4.69, 9.17) is 4.74 Å². The molecule has 2 heterocycles. The molecular formula is C14H12N4O2. The van der Waals surface area contributed by atoms with Gasteiger partial charge in [-0.1, -0.05) is 12.1 Å². The number of carbonyl (C=O) groups is 1. The van der Waals surface area contributed by atoms with Crippen LogP contribution >= 0.6 is 0 Å². The Bertz CT molecular complexity index is 795. The number of ether oxygens (including phenoxy) is 1. The third-order valence-electron chi connectivity index (χ3n) is 3.02. The molecule has 0 saturated carbocycles. The average molecular weight is 268 g/mol. The lowest BCUT2D eigenvalue weighted by Gasteiger charge is -2.04. The van der Waals surface area contributed by atoms with Gasteiger partial charge in [0.25, 0.3) is 0 Å². The molecule has 20 heavy (non-hydrogen) atoms. The van der Waals surface area contributed by atoms with Crippen LogP contribution < -0.4 is 4.74 Å². The third-order valence-corrected chi connectivity index (χ3v) is 3.02. The fourth-order valence-corrected chi connectivity index (χ4v) is 2.01. The first-order valence-corrected chi connectivity index (χ1v) is 6.03. The SMILES string of the molecule is COc1cnn(C)c1C(=O)c1cnc2ccccc2n1. The van der Waals surface area contributed by atoms with E-state index in [0.29, 0.717) is 17.0 Å². The van der Waals surface area contributed by atoms with Crippen molar-refractivity contribution in [3.63, 3.8) is 0 Å². The number of rotatable bonds is 3. The second-order valence-electron chi connectivity index (χ2n) is 4.26. The highest BCUT2D eigenvalue weighted by Gasteiger charge is 2.21. The van der Waals surface area contributed by atoms with Crippen molar-refractivity contribution in [3.05, 3.63) is 48.0 Å². The number of ketones is 1. The van der Waals surface area contributed by atoms with E-state index in [1.165, 1.54) is 24.2 Å². The summed E-state index contributed by atoms with van der Waals surface area (Å²) in [6.07, 6.45) is 2.97. The van der Waals surface area contributed by atoms with Gasteiger partial charge in [-0.3, -0.25) is 14.5 Å². The van der Waals surface area contributed by atoms with Crippen LogP contribution in [0.3, 0.4) is 0 Å². The lowest BCUT2D eigenvalue weighted by atomic mass is 10.2. The molecule has 0 saturated heterocycles. The second kappa shape index (κ2) is 4.73. The topological polar surface area (TPSA) is 69.9 Å². The Hall–Kier alpha value is -2.76. The van der Waals surface area contributed by atoms with Gasteiger partial charge in [-0.25, -0.2) is 4.98 Å². The van der Waals surface area contributed by atoms with Crippen LogP contribution in [0.2, 0.25) is 0 Å². The van der Waals surface area contributed by atoms with Gasteiger partial charge in [0.2, 0.25) is 5.78 Å². The van der Waals surface area contributed by atoms with Crippen molar-refractivity contribution in [2.24, 2.45) is 7.05 Å². The number of aromatic nitrogens is 4. The van der Waals surface area contributed by atoms with Crippen LogP contribution in [0.4, 0.5) is 0 Å². The number of para-hydroxylation sites is 2. The van der Waals surface area contributed by atoms with Gasteiger partial charge in [-0.15, -0.1) is 0 Å². The Balaban J connectivity index is 2.10. The molecule has 0 amide bonds. The van der Waals surface area contributed by atoms with E-state index in [1.54, 1.807) is 7.05 Å². The van der Waals surface area contributed by atoms with Crippen molar-refractivity contribution in [1.29, 1.82) is 0 Å². The van der Waals surface area contributed by atoms with E-state index in [1.807, 2.05) is 24.3 Å². The maximum absolute atomic E-state index is 12.5. The van der Waals surface area contributed by atoms with Crippen LogP contribution in [0.25, 0.3) is 11.0 Å². The van der Waals surface area contributed by atoms with E-state index < -0.39 is 0 Å². The zero-order valence-electron chi connectivity index (χ0n) is 11.1. The molecule has 3 rings (SSSR count). The Morgan fingerprint density at radius 3 is 2.70 bits per heavy atom. The Morgan fingerprint density at radius 1 is 1.20 bits per heavy atom. The van der Waals surface area contributed by atoms with E-state index >= 15 is 0 Å². The molecule has 0 fully saturated rings. The third kappa shape index (κ3) is 1.91. The molecule has 100 valence electrons. The molecule has 0 radical (unpaired) electrons. The summed E-state index contributed by atoms with van der Waals surface area (Å²) in [4.78, 5) is 21.1. The van der Waals surface area contributed by atoms with Gasteiger partial charge in [0.15, 0.2) is 11.4 Å². The minimum Gasteiger partial charge on any atom is -0.493 e. The molecule has 0 aliphatic carbocycles. The van der Waals surface area contributed by atoms with Gasteiger partial charge in [-0.05, 0) is 12.1 Å². The summed E-state index contributed by atoms with van der Waals surface area (Å²) in [6, 6.07) is 7.40. The predicted molar refractivity (Wildman–Crippen MR) is 72.7 cm³/mol. The number of nitrogens with zero attached hydrogens (tertiary/aromatic N) is 4. The van der Waals surface area contributed by atoms with Crippen molar-refractivity contribution in [1.82, 2.24) is 19.7 Å². The molecule has 0 aliphatic heterocycles. The highest BCUT2D eigenvalue weighted by molar-refractivity contribution is 6.08. The lowest BCUT2D eigenvalue weighted by Crippen LogP contribution is -2.11. The fraction of sp³-hybridized carbons (Fsp3) is 0.143. The van der Waals surface area contributed by atoms with Gasteiger partial charge in [0.05, 0.1) is 30.5 Å². The number of carbonyl (C=O) groups excluding carboxylic acids is 1. The van der Waals surface area contributed by atoms with Crippen LogP contribution in [0.1, 0.15) is 16.2 Å². The van der Waals surface area contributed by atoms with E-state index in [9.17, 15) is 4.79 Å². The summed E-state index contributed by atoms with van der Waals surface area (Å²) in [5, 5.41) is 4.02. The lowest BCUT2D eigenvalue weighted by molar-refractivity contribution is 0.102. The Morgan fingerprint density at radius 2 is 1.95 bits per heavy atom. The van der Waals surface area contributed by atoms with Crippen LogP contribution in [0, 0.1) is 0 Å². The largest absolute Gasteiger partial charge is 0.493 e. The predicted octanol–water partition coefficient (Wildman–Crippen LogP) is 1.60. The summed E-state index contributed by atoms with van der Waals surface area (Å²) < 4.78 is 6.61. The first-order chi connectivity index (χ1) is 9.70. The van der Waals surface area contributed by atoms with Gasteiger partial charge in [0, 0.05) is 7.05 Å². The normalized spacial score (nSPS) is 10.7. The molecule has 0 atom stereocenters. The van der Waals surface area contributed by atoms with Crippen molar-refractivity contribution in [3.8, 4) is 5.75 Å². The second-order valence-corrected chi connectivity index (χ2v) is 4.26. The van der Waals surface area contributed by atoms with Crippen LogP contribution in [0.5, 0.6) is 5.75 Å². The molecule has 0 aliphatic rings. The number of methoxy groups -OCH3 is 1. The molecule has 1 aromatic carbocycles. The highest BCUT2D eigenvalue weighted by Crippen LogP contribution is 2.20. The first-order valence-electron chi connectivity index (χ1n) is 6.03. The summed E-state index contributed by atoms with van der Waals surface area (Å²) in [5.41, 5.74) is 2.06. The maximum Gasteiger partial charge on any atom is 0.234 e. The molecule has 0 N–H and O–H groups in total. The number of hydrogen-bond donors (Lipinski definition) is 0. The zero-order chi connectivity index (χ0) is 14.1. The number of fused-ring (bicyclic) bond motifs is 1. The van der Waals surface area contributed by atoms with Crippen LogP contribution in [0.15, 0.2) is 36.7 Å². The minimum absolute atomic E-state index is 0.264. The molecule has 0 unspecified atom stereocenters. The standard InChI is InChI=1S/C14H12N4O2/c1-18-13(12(20-2)8-16-18)14(19)11-7-15-9-5-3-4-6-10(9)17-11/h3-8H,1-2H3. The number of aryl methyl sites for hydroxylation is 1. The Labute approximate surface area is 115 Å². The Kier molecular flexibility index (Phi) is 2.90. The summed E-state index contributed by atoms with van der Waals surface area (Å²) >= 11 is 0. The monoisotopic (exact) mass is 268 g/mol. The first kappa shape index (κ1) is 12.3. The molecule has 2 aromatic heterocycles. The highest BCUT2D eigenvalue weighted by atomic mass is 16.5. The van der Waals surface area contributed by atoms with Gasteiger partial charge in [0.1, 0.15) is 5.69 Å². The summed E-state index contributed by atoms with van der Waals surface area (Å²) in [6.45, 7) is 0. The maximum atomic E-state index is 12.5. The fourth-order valence-electron chi connectivity index (χ4n) is 2.01. The quantitative estimate of drug-likeness (QED) is 0.675. The van der Waals surface area contributed by atoms with Crippen molar-refractivity contribution in [2.45, 2.75) is 0 Å². The van der Waals surface area contributed by atoms with E-state index in [0.717, 1.165) is 5.52 Å². The smallest absolute Gasteiger partial charge is 0.234 e. The molecule has 3 aromatic rings. The molecule has 6 heteroatoms. The zero-order valence-corrected chi connectivity index (χ0v) is 11.1. The van der Waals surface area contributed by atoms with Crippen LogP contribution in [-0.2, 0) is 7.05 Å². The van der Waals surface area contributed by atoms with Crippen LogP contribution in [-0.4, -0.2) is 32.6 Å². The molecule has 0 spiro atoms. The minimum atomic E-state index is -0.264. The average Bonchev–Trinajstić information content (AvgIpc) is 2.87. The van der Waals surface area contributed by atoms with E-state index in [2.05, 4.69) is 15.1 Å². The van der Waals surface area contributed by atoms with Crippen molar-refractivity contribution in [2.75, 3.05) is 7.11 Å². The van der Waals surface area contributed by atoms with Gasteiger partial charge < -0.3 is 4.74 Å². The number of benzene rings is 1. The van der Waals surface area contributed by atoms with E-state index in [-0.39, 0.29) is 11.5 Å². The van der Waals surface area contributed by atoms with Gasteiger partial charge in [-0.2, -0.15) is 5.10 Å². The van der Waals surface area contributed by atoms with Crippen molar-refractivity contribution >= 4 is 16.8 Å².